The second-order valence-corrected chi connectivity index (χ2v) is 20.6. The van der Waals surface area contributed by atoms with Gasteiger partial charge < -0.3 is 59.2 Å². The zero-order valence-corrected chi connectivity index (χ0v) is 47.4. The number of rotatable bonds is 34. The number of fused-ring (bicyclic) bond motifs is 1. The maximum atomic E-state index is 12.4. The number of hydrogen-bond acceptors (Lipinski definition) is 17. The van der Waals surface area contributed by atoms with Gasteiger partial charge in [-0.25, -0.2) is 19.9 Å². The Balaban J connectivity index is 0.000000428. The van der Waals surface area contributed by atoms with Crippen molar-refractivity contribution < 1.29 is 42.8 Å². The number of aliphatic imine (C=N–C) groups is 2. The normalized spacial score (nSPS) is 15.2. The van der Waals surface area contributed by atoms with Crippen molar-refractivity contribution in [2.45, 2.75) is 118 Å². The highest BCUT2D eigenvalue weighted by atomic mass is 32.1. The molecule has 0 bridgehead atoms. The Labute approximate surface area is 454 Å². The highest BCUT2D eigenvalue weighted by molar-refractivity contribution is 7.13. The molecule has 4 heterocycles. The molecule has 1 aliphatic heterocycles. The van der Waals surface area contributed by atoms with Crippen LogP contribution in [-0.4, -0.2) is 167 Å². The van der Waals surface area contributed by atoms with E-state index in [0.717, 1.165) is 72.3 Å². The number of anilines is 1. The van der Waals surface area contributed by atoms with Crippen LogP contribution in [0.15, 0.2) is 63.9 Å². The van der Waals surface area contributed by atoms with Gasteiger partial charge in [-0.2, -0.15) is 0 Å². The van der Waals surface area contributed by atoms with E-state index in [1.807, 2.05) is 51.5 Å². The summed E-state index contributed by atoms with van der Waals surface area (Å²) in [6.45, 7) is 26.1. The lowest BCUT2D eigenvalue weighted by molar-refractivity contribution is -0.131. The van der Waals surface area contributed by atoms with E-state index in [9.17, 15) is 14.4 Å². The van der Waals surface area contributed by atoms with Crippen LogP contribution in [-0.2, 0) is 49.4 Å². The number of methoxy groups -OCH3 is 1. The minimum absolute atomic E-state index is 0.00196. The summed E-state index contributed by atoms with van der Waals surface area (Å²) < 4.78 is 35.6. The van der Waals surface area contributed by atoms with E-state index in [1.54, 1.807) is 41.8 Å². The number of nitrogens with one attached hydrogen (secondary N) is 4. The fourth-order valence-corrected chi connectivity index (χ4v) is 8.67. The van der Waals surface area contributed by atoms with Gasteiger partial charge in [0.05, 0.1) is 92.8 Å². The van der Waals surface area contributed by atoms with Gasteiger partial charge in [-0.3, -0.25) is 19.4 Å². The molecule has 0 spiro atoms. The van der Waals surface area contributed by atoms with Crippen LogP contribution in [0.2, 0.25) is 0 Å². The van der Waals surface area contributed by atoms with Gasteiger partial charge in [0.25, 0.3) is 0 Å². The number of nitrogens with zero attached hydrogens (tertiary/aromatic N) is 7. The lowest BCUT2D eigenvalue weighted by atomic mass is 9.88. The Morgan fingerprint density at radius 2 is 1.61 bits per heavy atom. The number of ether oxygens (including phenoxy) is 6. The van der Waals surface area contributed by atoms with Crippen molar-refractivity contribution in [2.24, 2.45) is 15.4 Å². The second kappa shape index (κ2) is 34.3. The monoisotopic (exact) mass is 1080 g/mol. The van der Waals surface area contributed by atoms with Crippen LogP contribution in [0.3, 0.4) is 0 Å². The summed E-state index contributed by atoms with van der Waals surface area (Å²) in [5, 5.41) is 12.3. The number of pyridine rings is 1. The third kappa shape index (κ3) is 21.8. The van der Waals surface area contributed by atoms with Gasteiger partial charge in [0.2, 0.25) is 18.2 Å². The summed E-state index contributed by atoms with van der Waals surface area (Å²) >= 11 is 1.63. The largest absolute Gasteiger partial charge is 0.381 e. The number of carbonyl (C=O) groups excluding carboxylic acids is 3. The molecule has 1 saturated heterocycles. The number of benzene rings is 1. The van der Waals surface area contributed by atoms with Gasteiger partial charge in [-0.1, -0.05) is 45.0 Å². The Morgan fingerprint density at radius 1 is 0.934 bits per heavy atom. The minimum atomic E-state index is -0.330. The molecule has 4 unspecified atom stereocenters. The third-order valence-corrected chi connectivity index (χ3v) is 13.7. The van der Waals surface area contributed by atoms with Crippen LogP contribution < -0.4 is 21.3 Å². The van der Waals surface area contributed by atoms with Crippen molar-refractivity contribution in [3.05, 3.63) is 71.0 Å². The molecule has 420 valence electrons. The van der Waals surface area contributed by atoms with Crippen LogP contribution in [0.4, 0.5) is 5.82 Å². The van der Waals surface area contributed by atoms with Crippen molar-refractivity contribution in [1.82, 2.24) is 40.4 Å². The summed E-state index contributed by atoms with van der Waals surface area (Å²) in [7, 11) is 3.66. The number of likely N-dealkylation sites (tertiary alicyclic amines) is 1. The Kier molecular flexibility index (Phi) is 28.4. The Bertz CT molecular complexity index is 2400. The van der Waals surface area contributed by atoms with Gasteiger partial charge in [0, 0.05) is 44.6 Å². The number of amides is 3. The molecule has 0 radical (unpaired) electrons. The number of carbonyl (C=O) groups is 3. The molecular formula is C55H85N11O9S. The molecule has 4 N–H and O–H groups in total. The lowest BCUT2D eigenvalue weighted by Crippen LogP contribution is -2.43. The number of hydrogen-bond donors (Lipinski definition) is 4. The van der Waals surface area contributed by atoms with Crippen molar-refractivity contribution in [3.8, 4) is 10.4 Å². The maximum absolute atomic E-state index is 12.4. The Morgan fingerprint density at radius 3 is 2.20 bits per heavy atom. The number of aryl methyl sites for hydroxylation is 1. The molecule has 4 aromatic rings. The first-order valence-electron chi connectivity index (χ1n) is 26.3. The van der Waals surface area contributed by atoms with Gasteiger partial charge in [0.15, 0.2) is 0 Å². The van der Waals surface area contributed by atoms with E-state index < -0.39 is 0 Å². The van der Waals surface area contributed by atoms with Gasteiger partial charge >= 0.3 is 0 Å². The molecule has 21 heteroatoms. The van der Waals surface area contributed by atoms with E-state index in [1.165, 1.54) is 4.88 Å². The van der Waals surface area contributed by atoms with Crippen LogP contribution in [0.25, 0.3) is 21.5 Å². The average molecular weight is 1080 g/mol. The molecular weight excluding hydrogens is 991 g/mol. The van der Waals surface area contributed by atoms with Crippen molar-refractivity contribution in [3.63, 3.8) is 0 Å². The Hall–Kier alpha value is -5.52. The quantitative estimate of drug-likeness (QED) is 0.0208. The smallest absolute Gasteiger partial charge is 0.246 e. The summed E-state index contributed by atoms with van der Waals surface area (Å²) in [6.07, 6.45) is 9.59. The molecule has 3 amide bonds. The third-order valence-electron chi connectivity index (χ3n) is 12.7. The fourth-order valence-electron chi connectivity index (χ4n) is 7.86. The SMILES string of the molecule is C=N/C(=C\C=NCCC(CCNC)OC)Nc1cc2c(cn1)nc(COCCOCCOCCOCCOCC(=O)NC(C)C(C)(C)C)n2C(C)C.Cc1ncsc1-c1ccc(C(C)NC(=O)C2CCCN2C=O)cc1. The first kappa shape index (κ1) is 63.0. The van der Waals surface area contributed by atoms with Crippen molar-refractivity contribution >= 4 is 59.3 Å². The van der Waals surface area contributed by atoms with Crippen LogP contribution in [0, 0.1) is 12.3 Å². The van der Waals surface area contributed by atoms with E-state index in [2.05, 4.69) is 99.3 Å². The summed E-state index contributed by atoms with van der Waals surface area (Å²) in [5.41, 5.74) is 6.79. The first-order chi connectivity index (χ1) is 36.6. The summed E-state index contributed by atoms with van der Waals surface area (Å²) in [6, 6.07) is 9.93. The number of aromatic nitrogens is 4. The van der Waals surface area contributed by atoms with E-state index >= 15 is 0 Å². The molecule has 5 rings (SSSR count). The molecule has 4 atom stereocenters. The standard InChI is InChI=1S/C37H64N8O7.C18H21N3O2S/c1-28(2)45-32-24-34(44-33(39-8)12-15-40-14-11-30(47-9)10-13-38-7)41-25-31(32)43-35(45)26-51-22-20-49-18-16-48-17-19-50-21-23-52-27-36(46)42-29(3)37(4,5)6;1-12(20-18(23)16-4-3-9-21(16)11-22)14-5-7-15(8-6-14)17-13(2)19-10-24-17/h12,15,24-25,28-30,38H,8,10-11,13-14,16-23,26-27H2,1-7,9H3,(H,41,44)(H,42,46);5-8,10-12,16H,3-4,9H2,1-2H3,(H,20,23)/b33-12+,40-15?;. The molecule has 1 aliphatic rings. The first-order valence-corrected chi connectivity index (χ1v) is 27.2. The van der Waals surface area contributed by atoms with Gasteiger partial charge in [-0.15, -0.1) is 11.3 Å². The molecule has 3 aromatic heterocycles. The lowest BCUT2D eigenvalue weighted by Gasteiger charge is -2.28. The minimum Gasteiger partial charge on any atom is -0.381 e. The highest BCUT2D eigenvalue weighted by Gasteiger charge is 2.30. The van der Waals surface area contributed by atoms with Gasteiger partial charge in [-0.05, 0) is 103 Å². The maximum Gasteiger partial charge on any atom is 0.246 e. The number of thiazole rings is 1. The summed E-state index contributed by atoms with van der Waals surface area (Å²) in [4.78, 5) is 60.2. The zero-order valence-electron chi connectivity index (χ0n) is 46.6. The fraction of sp³-hybridized carbons (Fsp3) is 0.600. The second-order valence-electron chi connectivity index (χ2n) is 19.7. The van der Waals surface area contributed by atoms with Crippen LogP contribution >= 0.6 is 11.3 Å². The molecule has 1 aromatic carbocycles. The number of imidazole rings is 1. The zero-order chi connectivity index (χ0) is 55.3. The predicted octanol–water partition coefficient (Wildman–Crippen LogP) is 7.10. The summed E-state index contributed by atoms with van der Waals surface area (Å²) in [5.74, 6) is 1.78. The average Bonchev–Trinajstić information content (AvgIpc) is 4.16. The highest BCUT2D eigenvalue weighted by Crippen LogP contribution is 2.29. The van der Waals surface area contributed by atoms with E-state index in [4.69, 9.17) is 33.4 Å². The molecule has 0 saturated carbocycles. The molecule has 1 fully saturated rings. The molecule has 20 nitrogen and oxygen atoms in total. The van der Waals surface area contributed by atoms with E-state index in [0.29, 0.717) is 84.2 Å². The van der Waals surface area contributed by atoms with E-state index in [-0.39, 0.29) is 54.1 Å². The van der Waals surface area contributed by atoms with Gasteiger partial charge in [0.1, 0.15) is 42.2 Å². The van der Waals surface area contributed by atoms with Crippen LogP contribution in [0.1, 0.15) is 103 Å². The molecule has 0 aliphatic carbocycles. The van der Waals surface area contributed by atoms with Crippen molar-refractivity contribution in [2.75, 3.05) is 98.6 Å². The number of allylic oxidation sites excluding steroid dienone is 1. The molecule has 76 heavy (non-hydrogen) atoms. The topological polar surface area (TPSA) is 226 Å². The predicted molar refractivity (Wildman–Crippen MR) is 301 cm³/mol. The van der Waals surface area contributed by atoms with Crippen molar-refractivity contribution in [1.29, 1.82) is 0 Å². The van der Waals surface area contributed by atoms with Crippen LogP contribution in [0.5, 0.6) is 0 Å².